The number of ether oxygens (including phenoxy) is 3. The summed E-state index contributed by atoms with van der Waals surface area (Å²) in [5.41, 5.74) is 2.15. The number of hydrogen-bond donors (Lipinski definition) is 0. The van der Waals surface area contributed by atoms with Gasteiger partial charge in [-0.05, 0) is 65.9 Å². The van der Waals surface area contributed by atoms with Crippen molar-refractivity contribution in [3.8, 4) is 17.2 Å². The molecule has 3 heterocycles. The van der Waals surface area contributed by atoms with Crippen molar-refractivity contribution in [3.05, 3.63) is 74.9 Å². The number of likely N-dealkylation sites (tertiary alicyclic amines) is 1. The van der Waals surface area contributed by atoms with Gasteiger partial charge in [-0.2, -0.15) is 0 Å². The van der Waals surface area contributed by atoms with Gasteiger partial charge < -0.3 is 19.1 Å². The second-order valence-electron chi connectivity index (χ2n) is 7.06. The van der Waals surface area contributed by atoms with E-state index < -0.39 is 6.10 Å². The second-order valence-corrected chi connectivity index (χ2v) is 8.44. The lowest BCUT2D eigenvalue weighted by Gasteiger charge is -2.46. The molecule has 0 aliphatic carbocycles. The van der Waals surface area contributed by atoms with E-state index in [2.05, 4.69) is 13.0 Å². The Hall–Kier alpha value is -2.70. The van der Waals surface area contributed by atoms with Gasteiger partial charge in [-0.1, -0.05) is 17.7 Å². The van der Waals surface area contributed by atoms with Crippen LogP contribution in [0.3, 0.4) is 0 Å². The molecule has 7 heteroatoms. The van der Waals surface area contributed by atoms with Crippen LogP contribution in [0, 0.1) is 6.92 Å². The maximum Gasteiger partial charge on any atom is 0.267 e. The average Bonchev–Trinajstić information content (AvgIpc) is 3.36. The number of amides is 1. The van der Waals surface area contributed by atoms with Gasteiger partial charge >= 0.3 is 0 Å². The summed E-state index contributed by atoms with van der Waals surface area (Å²) in [6, 6.07) is 14.8. The van der Waals surface area contributed by atoms with Crippen molar-refractivity contribution in [1.29, 1.82) is 0 Å². The van der Waals surface area contributed by atoms with Gasteiger partial charge in [-0.15, -0.1) is 11.3 Å². The third kappa shape index (κ3) is 3.32. The first kappa shape index (κ1) is 18.3. The Kier molecular flexibility index (Phi) is 4.60. The van der Waals surface area contributed by atoms with Crippen LogP contribution >= 0.6 is 22.9 Å². The molecule has 2 atom stereocenters. The molecule has 0 N–H and O–H groups in total. The molecule has 0 saturated carbocycles. The van der Waals surface area contributed by atoms with Gasteiger partial charge in [-0.3, -0.25) is 4.79 Å². The standard InChI is InChI=1S/C22H18ClNO4S/c1-13-8-9-29-21(13)19-20(28-16-5-3-15(23)4-6-16)22(25)24(19)11-14-2-7-17-18(10-14)27-12-26-17/h2-10,19-20H,11-12H2,1H3/t19-,20+/m0/s1. The lowest BCUT2D eigenvalue weighted by Crippen LogP contribution is -2.60. The Morgan fingerprint density at radius 3 is 2.69 bits per heavy atom. The fourth-order valence-corrected chi connectivity index (χ4v) is 4.86. The summed E-state index contributed by atoms with van der Waals surface area (Å²) in [5.74, 6) is 2.05. The molecule has 0 bridgehead atoms. The lowest BCUT2D eigenvalue weighted by molar-refractivity contribution is -0.165. The van der Waals surface area contributed by atoms with E-state index in [1.807, 2.05) is 28.5 Å². The van der Waals surface area contributed by atoms with Gasteiger partial charge in [0.1, 0.15) is 11.8 Å². The van der Waals surface area contributed by atoms with Crippen LogP contribution in [0.1, 0.15) is 22.0 Å². The first-order chi connectivity index (χ1) is 14.1. The summed E-state index contributed by atoms with van der Waals surface area (Å²) >= 11 is 7.61. The molecule has 1 amide bonds. The Bertz CT molecular complexity index is 1060. The van der Waals surface area contributed by atoms with Crippen molar-refractivity contribution in [3.63, 3.8) is 0 Å². The van der Waals surface area contributed by atoms with E-state index in [-0.39, 0.29) is 18.7 Å². The molecule has 1 fully saturated rings. The minimum Gasteiger partial charge on any atom is -0.478 e. The van der Waals surface area contributed by atoms with Crippen LogP contribution < -0.4 is 14.2 Å². The van der Waals surface area contributed by atoms with Crippen molar-refractivity contribution in [2.24, 2.45) is 0 Å². The van der Waals surface area contributed by atoms with Crippen molar-refractivity contribution in [1.82, 2.24) is 4.90 Å². The molecule has 3 aromatic rings. The average molecular weight is 428 g/mol. The van der Waals surface area contributed by atoms with Crippen LogP contribution in [0.15, 0.2) is 53.9 Å². The van der Waals surface area contributed by atoms with E-state index in [1.54, 1.807) is 35.6 Å². The van der Waals surface area contributed by atoms with E-state index in [9.17, 15) is 4.79 Å². The van der Waals surface area contributed by atoms with Gasteiger partial charge in [-0.25, -0.2) is 0 Å². The van der Waals surface area contributed by atoms with E-state index in [1.165, 1.54) is 0 Å². The summed E-state index contributed by atoms with van der Waals surface area (Å²) in [7, 11) is 0. The number of nitrogens with zero attached hydrogens (tertiary/aromatic N) is 1. The zero-order valence-electron chi connectivity index (χ0n) is 15.6. The number of thiophene rings is 1. The molecular weight excluding hydrogens is 410 g/mol. The molecule has 2 aliphatic heterocycles. The fraction of sp³-hybridized carbons (Fsp3) is 0.227. The van der Waals surface area contributed by atoms with Gasteiger partial charge in [0, 0.05) is 16.4 Å². The minimum absolute atomic E-state index is 0.0320. The van der Waals surface area contributed by atoms with E-state index >= 15 is 0 Å². The summed E-state index contributed by atoms with van der Waals surface area (Å²) < 4.78 is 16.9. The molecule has 1 saturated heterocycles. The number of halogens is 1. The Balaban J connectivity index is 1.41. The largest absolute Gasteiger partial charge is 0.478 e. The predicted octanol–water partition coefficient (Wildman–Crippen LogP) is 4.97. The molecule has 1 aromatic heterocycles. The maximum absolute atomic E-state index is 13.0. The van der Waals surface area contributed by atoms with E-state index in [4.69, 9.17) is 25.8 Å². The number of carbonyl (C=O) groups excluding carboxylic acids is 1. The molecule has 5 nitrogen and oxygen atoms in total. The van der Waals surface area contributed by atoms with Crippen molar-refractivity contribution >= 4 is 28.8 Å². The SMILES string of the molecule is Cc1ccsc1[C@@H]1[C@@H](Oc2ccc(Cl)cc2)C(=O)N1Cc1ccc2c(c1)OCO2. The number of benzene rings is 2. The van der Waals surface area contributed by atoms with E-state index in [0.717, 1.165) is 21.8 Å². The normalized spacial score (nSPS) is 19.9. The molecule has 0 radical (unpaired) electrons. The summed E-state index contributed by atoms with van der Waals surface area (Å²) in [6.07, 6.45) is -0.553. The molecular formula is C22H18ClNO4S. The molecule has 2 aromatic carbocycles. The minimum atomic E-state index is -0.553. The third-order valence-electron chi connectivity index (χ3n) is 5.19. The molecule has 29 heavy (non-hydrogen) atoms. The number of rotatable bonds is 5. The van der Waals surface area contributed by atoms with Gasteiger partial charge in [0.2, 0.25) is 12.9 Å². The first-order valence-electron chi connectivity index (χ1n) is 9.25. The quantitative estimate of drug-likeness (QED) is 0.539. The van der Waals surface area contributed by atoms with Crippen LogP contribution in [-0.4, -0.2) is 23.7 Å². The highest BCUT2D eigenvalue weighted by Crippen LogP contribution is 2.43. The van der Waals surface area contributed by atoms with Gasteiger partial charge in [0.25, 0.3) is 5.91 Å². The third-order valence-corrected chi connectivity index (χ3v) is 6.53. The summed E-state index contributed by atoms with van der Waals surface area (Å²) in [5, 5.41) is 2.68. The summed E-state index contributed by atoms with van der Waals surface area (Å²) in [6.45, 7) is 2.78. The first-order valence-corrected chi connectivity index (χ1v) is 10.5. The number of aryl methyl sites for hydroxylation is 1. The van der Waals surface area contributed by atoms with Gasteiger partial charge in [0.15, 0.2) is 11.5 Å². The Labute approximate surface area is 177 Å². The Morgan fingerprint density at radius 2 is 1.93 bits per heavy atom. The van der Waals surface area contributed by atoms with Crippen molar-refractivity contribution < 1.29 is 19.0 Å². The van der Waals surface area contributed by atoms with Crippen LogP contribution in [0.25, 0.3) is 0 Å². The maximum atomic E-state index is 13.0. The van der Waals surface area contributed by atoms with Crippen molar-refractivity contribution in [2.75, 3.05) is 6.79 Å². The molecule has 0 spiro atoms. The highest BCUT2D eigenvalue weighted by Gasteiger charge is 2.51. The van der Waals surface area contributed by atoms with Crippen LogP contribution in [0.4, 0.5) is 0 Å². The topological polar surface area (TPSA) is 48.0 Å². The highest BCUT2D eigenvalue weighted by atomic mass is 35.5. The smallest absolute Gasteiger partial charge is 0.267 e. The predicted molar refractivity (Wildman–Crippen MR) is 111 cm³/mol. The second kappa shape index (κ2) is 7.28. The lowest BCUT2D eigenvalue weighted by atomic mass is 9.93. The highest BCUT2D eigenvalue weighted by molar-refractivity contribution is 7.10. The van der Waals surface area contributed by atoms with Crippen LogP contribution in [-0.2, 0) is 11.3 Å². The number of β-lactam (4-membered cyclic amide) rings is 1. The van der Waals surface area contributed by atoms with Crippen LogP contribution in [0.5, 0.6) is 17.2 Å². The zero-order valence-corrected chi connectivity index (χ0v) is 17.2. The molecule has 5 rings (SSSR count). The molecule has 2 aliphatic rings. The number of fused-ring (bicyclic) bond motifs is 1. The number of hydrogen-bond acceptors (Lipinski definition) is 5. The molecule has 148 valence electrons. The monoisotopic (exact) mass is 427 g/mol. The van der Waals surface area contributed by atoms with Crippen molar-refractivity contribution in [2.45, 2.75) is 25.6 Å². The number of carbonyl (C=O) groups is 1. The zero-order chi connectivity index (χ0) is 20.0. The summed E-state index contributed by atoms with van der Waals surface area (Å²) in [4.78, 5) is 16.0. The molecule has 0 unspecified atom stereocenters. The fourth-order valence-electron chi connectivity index (χ4n) is 3.67. The Morgan fingerprint density at radius 1 is 1.14 bits per heavy atom. The van der Waals surface area contributed by atoms with E-state index in [0.29, 0.717) is 23.1 Å². The van der Waals surface area contributed by atoms with Gasteiger partial charge in [0.05, 0.1) is 0 Å². The van der Waals surface area contributed by atoms with Crippen LogP contribution in [0.2, 0.25) is 5.02 Å².